The van der Waals surface area contributed by atoms with Crippen LogP contribution >= 0.6 is 0 Å². The summed E-state index contributed by atoms with van der Waals surface area (Å²) in [5, 5.41) is 10.6. The average molecular weight is 250 g/mol. The first-order valence-corrected chi connectivity index (χ1v) is 6.76. The SMILES string of the molecule is C=C1C(=O)O[C@@H]2[C@@H]3C4(CC[C@@]3(C)O)O[C@@H]4CC[C@@H]12. The molecule has 4 aliphatic rings. The molecule has 0 aromatic carbocycles. The fourth-order valence-corrected chi connectivity index (χ4v) is 4.55. The van der Waals surface area contributed by atoms with Crippen molar-refractivity contribution in [1.29, 1.82) is 0 Å². The summed E-state index contributed by atoms with van der Waals surface area (Å²) in [6, 6.07) is 0. The van der Waals surface area contributed by atoms with Crippen molar-refractivity contribution in [3.05, 3.63) is 12.2 Å². The summed E-state index contributed by atoms with van der Waals surface area (Å²) in [4.78, 5) is 11.7. The van der Waals surface area contributed by atoms with E-state index in [9.17, 15) is 9.90 Å². The zero-order valence-electron chi connectivity index (χ0n) is 10.5. The van der Waals surface area contributed by atoms with Gasteiger partial charge >= 0.3 is 5.97 Å². The Morgan fingerprint density at radius 3 is 2.94 bits per heavy atom. The van der Waals surface area contributed by atoms with Crippen LogP contribution in [0.15, 0.2) is 12.2 Å². The summed E-state index contributed by atoms with van der Waals surface area (Å²) < 4.78 is 11.4. The molecule has 2 saturated carbocycles. The van der Waals surface area contributed by atoms with Gasteiger partial charge in [-0.2, -0.15) is 0 Å². The van der Waals surface area contributed by atoms with Gasteiger partial charge in [-0.25, -0.2) is 4.79 Å². The molecule has 2 aliphatic heterocycles. The second-order valence-electron chi connectivity index (χ2n) is 6.48. The normalized spacial score (nSPS) is 57.4. The molecule has 2 heterocycles. The maximum atomic E-state index is 11.7. The summed E-state index contributed by atoms with van der Waals surface area (Å²) in [5.41, 5.74) is -0.445. The lowest BCUT2D eigenvalue weighted by Gasteiger charge is -2.33. The predicted octanol–water partition coefficient (Wildman–Crippen LogP) is 1.18. The van der Waals surface area contributed by atoms with E-state index in [4.69, 9.17) is 9.47 Å². The van der Waals surface area contributed by atoms with E-state index in [-0.39, 0.29) is 35.6 Å². The smallest absolute Gasteiger partial charge is 0.334 e. The number of carbonyl (C=O) groups is 1. The van der Waals surface area contributed by atoms with Gasteiger partial charge in [-0.3, -0.25) is 0 Å². The first kappa shape index (κ1) is 11.0. The number of epoxide rings is 1. The number of rotatable bonds is 0. The second-order valence-corrected chi connectivity index (χ2v) is 6.48. The summed E-state index contributed by atoms with van der Waals surface area (Å²) in [7, 11) is 0. The van der Waals surface area contributed by atoms with Crippen LogP contribution in [0.2, 0.25) is 0 Å². The molecule has 0 aromatic heterocycles. The van der Waals surface area contributed by atoms with E-state index in [1.165, 1.54) is 0 Å². The molecule has 4 rings (SSSR count). The molecule has 4 nitrogen and oxygen atoms in total. The Bertz CT molecular complexity index is 455. The number of carbonyl (C=O) groups excluding carboxylic acids is 1. The van der Waals surface area contributed by atoms with Crippen LogP contribution in [0, 0.1) is 11.8 Å². The zero-order valence-corrected chi connectivity index (χ0v) is 10.5. The minimum absolute atomic E-state index is 0.0698. The van der Waals surface area contributed by atoms with Crippen molar-refractivity contribution < 1.29 is 19.4 Å². The molecular weight excluding hydrogens is 232 g/mol. The number of aliphatic hydroxyl groups is 1. The van der Waals surface area contributed by atoms with Gasteiger partial charge in [-0.05, 0) is 32.6 Å². The van der Waals surface area contributed by atoms with E-state index in [1.807, 2.05) is 6.92 Å². The molecule has 0 aromatic rings. The van der Waals surface area contributed by atoms with Gasteiger partial charge in [0, 0.05) is 11.5 Å². The topological polar surface area (TPSA) is 59.1 Å². The van der Waals surface area contributed by atoms with Crippen molar-refractivity contribution in [1.82, 2.24) is 0 Å². The Labute approximate surface area is 106 Å². The predicted molar refractivity (Wildman–Crippen MR) is 62.7 cm³/mol. The molecule has 2 aliphatic carbocycles. The summed E-state index contributed by atoms with van der Waals surface area (Å²) in [5.74, 6) is -0.312. The molecule has 4 heteroatoms. The zero-order chi connectivity index (χ0) is 12.7. The quantitative estimate of drug-likeness (QED) is 0.398. The van der Waals surface area contributed by atoms with Gasteiger partial charge in [-0.15, -0.1) is 0 Å². The van der Waals surface area contributed by atoms with Gasteiger partial charge in [0.05, 0.1) is 17.6 Å². The first-order valence-electron chi connectivity index (χ1n) is 6.76. The van der Waals surface area contributed by atoms with Crippen LogP contribution in [-0.2, 0) is 14.3 Å². The number of ether oxygens (including phenoxy) is 2. The third-order valence-corrected chi connectivity index (χ3v) is 5.49. The summed E-state index contributed by atoms with van der Waals surface area (Å²) >= 11 is 0. The molecule has 1 N–H and O–H groups in total. The standard InChI is InChI=1S/C14H18O4/c1-7-8-3-4-9-14(18-9)6-5-13(2,16)11(14)10(8)17-12(7)15/h8-11,16H,1,3-6H2,2H3/t8-,9+,10-,11-,13+,14?/m0/s1. The van der Waals surface area contributed by atoms with Crippen molar-refractivity contribution >= 4 is 5.97 Å². The first-order chi connectivity index (χ1) is 8.46. The number of hydrogen-bond donors (Lipinski definition) is 1. The molecule has 0 bridgehead atoms. The number of fused-ring (bicyclic) bond motifs is 2. The van der Waals surface area contributed by atoms with Crippen LogP contribution in [0.4, 0.5) is 0 Å². The van der Waals surface area contributed by atoms with Crippen molar-refractivity contribution in [2.24, 2.45) is 11.8 Å². The van der Waals surface area contributed by atoms with E-state index >= 15 is 0 Å². The van der Waals surface area contributed by atoms with E-state index in [1.54, 1.807) is 0 Å². The van der Waals surface area contributed by atoms with E-state index in [2.05, 4.69) is 6.58 Å². The molecular formula is C14H18O4. The molecule has 4 fully saturated rings. The summed E-state index contributed by atoms with van der Waals surface area (Å²) in [6.07, 6.45) is 3.44. The van der Waals surface area contributed by atoms with E-state index in [0.717, 1.165) is 25.7 Å². The van der Waals surface area contributed by atoms with Crippen LogP contribution in [0.3, 0.4) is 0 Å². The molecule has 2 saturated heterocycles. The Hall–Kier alpha value is -0.870. The highest BCUT2D eigenvalue weighted by Crippen LogP contribution is 2.64. The second kappa shape index (κ2) is 2.99. The molecule has 6 atom stereocenters. The van der Waals surface area contributed by atoms with Crippen LogP contribution in [-0.4, -0.2) is 34.5 Å². The largest absolute Gasteiger partial charge is 0.458 e. The van der Waals surface area contributed by atoms with Crippen LogP contribution in [0.5, 0.6) is 0 Å². The van der Waals surface area contributed by atoms with Gasteiger partial charge in [0.1, 0.15) is 11.7 Å². The third-order valence-electron chi connectivity index (χ3n) is 5.49. The van der Waals surface area contributed by atoms with Gasteiger partial charge in [0.2, 0.25) is 0 Å². The molecule has 98 valence electrons. The van der Waals surface area contributed by atoms with Crippen molar-refractivity contribution in [3.63, 3.8) is 0 Å². The Balaban J connectivity index is 1.79. The minimum Gasteiger partial charge on any atom is -0.458 e. The summed E-state index contributed by atoms with van der Waals surface area (Å²) in [6.45, 7) is 5.71. The lowest BCUT2D eigenvalue weighted by Crippen LogP contribution is -2.45. The Morgan fingerprint density at radius 2 is 2.17 bits per heavy atom. The van der Waals surface area contributed by atoms with Gasteiger partial charge in [-0.1, -0.05) is 6.58 Å². The van der Waals surface area contributed by atoms with Gasteiger partial charge in [0.25, 0.3) is 0 Å². The van der Waals surface area contributed by atoms with Crippen LogP contribution in [0.1, 0.15) is 32.6 Å². The van der Waals surface area contributed by atoms with Crippen molar-refractivity contribution in [2.45, 2.75) is 56.0 Å². The lowest BCUT2D eigenvalue weighted by atomic mass is 9.77. The van der Waals surface area contributed by atoms with Crippen LogP contribution < -0.4 is 0 Å². The average Bonchev–Trinajstić information content (AvgIpc) is 2.85. The number of esters is 1. The molecule has 1 spiro atoms. The molecule has 18 heavy (non-hydrogen) atoms. The monoisotopic (exact) mass is 250 g/mol. The number of hydrogen-bond acceptors (Lipinski definition) is 4. The Kier molecular flexibility index (Phi) is 1.83. The van der Waals surface area contributed by atoms with Crippen LogP contribution in [0.25, 0.3) is 0 Å². The fraction of sp³-hybridized carbons (Fsp3) is 0.786. The van der Waals surface area contributed by atoms with Gasteiger partial charge < -0.3 is 14.6 Å². The van der Waals surface area contributed by atoms with Crippen molar-refractivity contribution in [3.8, 4) is 0 Å². The molecule has 0 amide bonds. The highest BCUT2D eigenvalue weighted by molar-refractivity contribution is 5.91. The van der Waals surface area contributed by atoms with Gasteiger partial charge in [0.15, 0.2) is 0 Å². The molecule has 1 unspecified atom stereocenters. The van der Waals surface area contributed by atoms with E-state index < -0.39 is 5.60 Å². The maximum absolute atomic E-state index is 11.7. The highest BCUT2D eigenvalue weighted by atomic mass is 16.6. The Morgan fingerprint density at radius 1 is 1.39 bits per heavy atom. The van der Waals surface area contributed by atoms with E-state index in [0.29, 0.717) is 5.57 Å². The maximum Gasteiger partial charge on any atom is 0.334 e. The third kappa shape index (κ3) is 1.11. The van der Waals surface area contributed by atoms with Crippen molar-refractivity contribution in [2.75, 3.05) is 0 Å². The minimum atomic E-state index is -0.799. The molecule has 0 radical (unpaired) electrons. The highest BCUT2D eigenvalue weighted by Gasteiger charge is 2.74. The fourth-order valence-electron chi connectivity index (χ4n) is 4.55. The lowest BCUT2D eigenvalue weighted by molar-refractivity contribution is -0.147.